The summed E-state index contributed by atoms with van der Waals surface area (Å²) >= 11 is 0. The lowest BCUT2D eigenvalue weighted by molar-refractivity contribution is -0.136. The van der Waals surface area contributed by atoms with Gasteiger partial charge in [-0.05, 0) is 85.7 Å². The molecule has 228 valence electrons. The van der Waals surface area contributed by atoms with E-state index in [1.54, 1.807) is 11.0 Å². The smallest absolute Gasteiger partial charge is 0.255 e. The number of piperidine rings is 1. The Morgan fingerprint density at radius 1 is 0.977 bits per heavy atom. The van der Waals surface area contributed by atoms with Gasteiger partial charge in [-0.1, -0.05) is 6.07 Å². The minimum absolute atomic E-state index is 0.0649. The number of benzene rings is 2. The molecule has 5 aliphatic rings. The van der Waals surface area contributed by atoms with Crippen molar-refractivity contribution in [3.63, 3.8) is 0 Å². The molecule has 1 spiro atoms. The van der Waals surface area contributed by atoms with E-state index in [1.165, 1.54) is 17.4 Å². The molecule has 10 heteroatoms. The highest BCUT2D eigenvalue weighted by Crippen LogP contribution is 2.42. The Bertz CT molecular complexity index is 1650. The predicted molar refractivity (Wildman–Crippen MR) is 163 cm³/mol. The molecule has 6 heterocycles. The van der Waals surface area contributed by atoms with Gasteiger partial charge in [-0.3, -0.25) is 24.6 Å². The third-order valence-electron chi connectivity index (χ3n) is 10.2. The van der Waals surface area contributed by atoms with Crippen LogP contribution in [-0.4, -0.2) is 83.0 Å². The largest absolute Gasteiger partial charge is 0.489 e. The van der Waals surface area contributed by atoms with Crippen molar-refractivity contribution < 1.29 is 23.9 Å². The van der Waals surface area contributed by atoms with Crippen LogP contribution in [0.4, 0.5) is 5.82 Å². The van der Waals surface area contributed by atoms with Gasteiger partial charge in [0.1, 0.15) is 23.7 Å². The number of hydrogen-bond donors (Lipinski definition) is 1. The maximum absolute atomic E-state index is 13.0. The SMILES string of the molecule is O=C1CCC(N2Cc3cc(O[C@H]4CCN(Cc5ccc6nc(N7CCC78CCOCC8)ccc6c5)C4)ccc3C2=O)C(=O)N1. The van der Waals surface area contributed by atoms with Crippen LogP contribution in [0.5, 0.6) is 5.75 Å². The molecule has 1 aromatic heterocycles. The zero-order valence-corrected chi connectivity index (χ0v) is 24.8. The van der Waals surface area contributed by atoms with Crippen LogP contribution in [0.3, 0.4) is 0 Å². The van der Waals surface area contributed by atoms with E-state index in [9.17, 15) is 14.4 Å². The first-order valence-corrected chi connectivity index (χ1v) is 15.9. The number of nitrogens with zero attached hydrogens (tertiary/aromatic N) is 4. The van der Waals surface area contributed by atoms with E-state index in [1.807, 2.05) is 12.1 Å². The number of carbonyl (C=O) groups is 3. The van der Waals surface area contributed by atoms with Gasteiger partial charge in [-0.2, -0.15) is 0 Å². The van der Waals surface area contributed by atoms with E-state index >= 15 is 0 Å². The van der Waals surface area contributed by atoms with E-state index in [2.05, 4.69) is 45.4 Å². The number of rotatable bonds is 6. The fraction of sp³-hybridized carbons (Fsp3) is 0.471. The minimum atomic E-state index is -0.613. The highest BCUT2D eigenvalue weighted by molar-refractivity contribution is 6.05. The molecule has 3 amide bonds. The first-order valence-electron chi connectivity index (χ1n) is 15.9. The van der Waals surface area contributed by atoms with Crippen LogP contribution < -0.4 is 15.0 Å². The van der Waals surface area contributed by atoms with Crippen LogP contribution in [0.1, 0.15) is 60.0 Å². The van der Waals surface area contributed by atoms with Crippen molar-refractivity contribution in [3.05, 3.63) is 65.2 Å². The number of likely N-dealkylation sites (tertiary alicyclic amines) is 1. The van der Waals surface area contributed by atoms with Gasteiger partial charge in [0.2, 0.25) is 11.8 Å². The number of pyridine rings is 1. The van der Waals surface area contributed by atoms with E-state index in [4.69, 9.17) is 14.5 Å². The number of nitrogens with one attached hydrogen (secondary N) is 1. The zero-order valence-electron chi connectivity index (χ0n) is 24.8. The maximum atomic E-state index is 13.0. The molecule has 5 aliphatic heterocycles. The number of ether oxygens (including phenoxy) is 2. The number of hydrogen-bond acceptors (Lipinski definition) is 8. The van der Waals surface area contributed by atoms with Gasteiger partial charge < -0.3 is 19.3 Å². The topological polar surface area (TPSA) is 104 Å². The summed E-state index contributed by atoms with van der Waals surface area (Å²) in [7, 11) is 0. The summed E-state index contributed by atoms with van der Waals surface area (Å²) in [6, 6.07) is 15.9. The highest BCUT2D eigenvalue weighted by Gasteiger charge is 2.46. The van der Waals surface area contributed by atoms with Crippen molar-refractivity contribution in [2.75, 3.05) is 37.7 Å². The van der Waals surface area contributed by atoms with Crippen LogP contribution in [0.2, 0.25) is 0 Å². The average Bonchev–Trinajstić information content (AvgIpc) is 3.60. The molecule has 3 aromatic rings. The van der Waals surface area contributed by atoms with Crippen molar-refractivity contribution in [1.82, 2.24) is 20.1 Å². The number of anilines is 1. The average molecular weight is 596 g/mol. The van der Waals surface area contributed by atoms with Crippen LogP contribution in [0.25, 0.3) is 10.9 Å². The number of amides is 3. The van der Waals surface area contributed by atoms with Gasteiger partial charge in [0, 0.05) is 68.8 Å². The second-order valence-corrected chi connectivity index (χ2v) is 12.9. The standard InChI is InChI=1S/C34H37N5O5/c40-31-8-6-29(32(41)36-31)38-20-24-18-25(3-4-27(24)33(38)42)44-26-9-13-37(21-26)19-22-1-5-28-23(17-22)2-7-30(35-28)39-14-10-34(39)11-15-43-16-12-34/h1-5,7,17-18,26,29H,6,8-16,19-21H2,(H,36,40,41)/t26-,29?/m0/s1. The molecule has 0 saturated carbocycles. The van der Waals surface area contributed by atoms with E-state index in [0.717, 1.165) is 81.3 Å². The number of fused-ring (bicyclic) bond motifs is 2. The Labute approximate surface area is 256 Å². The van der Waals surface area contributed by atoms with E-state index in [0.29, 0.717) is 18.5 Å². The van der Waals surface area contributed by atoms with Gasteiger partial charge in [0.25, 0.3) is 5.91 Å². The molecule has 2 atom stereocenters. The molecular weight excluding hydrogens is 558 g/mol. The molecule has 1 N–H and O–H groups in total. The Morgan fingerprint density at radius 2 is 1.86 bits per heavy atom. The molecule has 4 fully saturated rings. The Balaban J connectivity index is 0.882. The van der Waals surface area contributed by atoms with E-state index in [-0.39, 0.29) is 29.9 Å². The summed E-state index contributed by atoms with van der Waals surface area (Å²) in [6.07, 6.45) is 4.99. The molecule has 2 aromatic carbocycles. The Hall–Kier alpha value is -4.02. The normalized spacial score (nSPS) is 25.0. The van der Waals surface area contributed by atoms with Crippen molar-refractivity contribution in [2.45, 2.75) is 69.3 Å². The molecule has 44 heavy (non-hydrogen) atoms. The molecule has 0 bridgehead atoms. The van der Waals surface area contributed by atoms with Crippen LogP contribution in [-0.2, 0) is 27.4 Å². The first-order chi connectivity index (χ1) is 21.4. The monoisotopic (exact) mass is 595 g/mol. The molecule has 0 radical (unpaired) electrons. The maximum Gasteiger partial charge on any atom is 0.255 e. The number of carbonyl (C=O) groups excluding carboxylic acids is 3. The predicted octanol–water partition coefficient (Wildman–Crippen LogP) is 3.41. The Morgan fingerprint density at radius 3 is 2.68 bits per heavy atom. The number of imide groups is 1. The molecule has 0 aliphatic carbocycles. The van der Waals surface area contributed by atoms with Crippen LogP contribution in [0.15, 0.2) is 48.5 Å². The lowest BCUT2D eigenvalue weighted by Gasteiger charge is -2.55. The zero-order chi connectivity index (χ0) is 29.8. The summed E-state index contributed by atoms with van der Waals surface area (Å²) in [6.45, 7) is 5.73. The van der Waals surface area contributed by atoms with Gasteiger partial charge in [-0.25, -0.2) is 4.98 Å². The summed E-state index contributed by atoms with van der Waals surface area (Å²) in [5.41, 5.74) is 4.00. The minimum Gasteiger partial charge on any atom is -0.489 e. The number of aromatic nitrogens is 1. The first kappa shape index (κ1) is 27.5. The molecule has 8 rings (SSSR count). The van der Waals surface area contributed by atoms with Gasteiger partial charge in [0.15, 0.2) is 0 Å². The second kappa shape index (κ2) is 10.9. The van der Waals surface area contributed by atoms with Crippen molar-refractivity contribution in [1.29, 1.82) is 0 Å². The van der Waals surface area contributed by atoms with Gasteiger partial charge in [0.05, 0.1) is 5.52 Å². The summed E-state index contributed by atoms with van der Waals surface area (Å²) < 4.78 is 12.0. The fourth-order valence-corrected chi connectivity index (χ4v) is 7.69. The van der Waals surface area contributed by atoms with Crippen molar-refractivity contribution >= 4 is 34.4 Å². The third kappa shape index (κ3) is 4.90. The summed E-state index contributed by atoms with van der Waals surface area (Å²) in [4.78, 5) is 48.4. The lowest BCUT2D eigenvalue weighted by Crippen LogP contribution is -2.62. The molecular formula is C34H37N5O5. The van der Waals surface area contributed by atoms with Crippen LogP contribution >= 0.6 is 0 Å². The van der Waals surface area contributed by atoms with Gasteiger partial charge >= 0.3 is 0 Å². The van der Waals surface area contributed by atoms with Crippen molar-refractivity contribution in [2.24, 2.45) is 0 Å². The van der Waals surface area contributed by atoms with Crippen molar-refractivity contribution in [3.8, 4) is 5.75 Å². The second-order valence-electron chi connectivity index (χ2n) is 12.9. The lowest BCUT2D eigenvalue weighted by atomic mass is 9.78. The fourth-order valence-electron chi connectivity index (χ4n) is 7.69. The van der Waals surface area contributed by atoms with Crippen LogP contribution in [0, 0.1) is 0 Å². The quantitative estimate of drug-likeness (QED) is 0.433. The van der Waals surface area contributed by atoms with E-state index < -0.39 is 11.9 Å². The highest BCUT2D eigenvalue weighted by atomic mass is 16.5. The third-order valence-corrected chi connectivity index (χ3v) is 10.2. The molecule has 4 saturated heterocycles. The van der Waals surface area contributed by atoms with Gasteiger partial charge in [-0.15, -0.1) is 0 Å². The molecule has 1 unspecified atom stereocenters. The summed E-state index contributed by atoms with van der Waals surface area (Å²) in [5, 5.41) is 3.52. The Kier molecular flexibility index (Phi) is 6.79. The molecule has 10 nitrogen and oxygen atoms in total. The summed E-state index contributed by atoms with van der Waals surface area (Å²) in [5.74, 6) is 0.976.